The average Bonchev–Trinajstić information content (AvgIpc) is 2.29. The van der Waals surface area contributed by atoms with E-state index in [0.29, 0.717) is 4.90 Å². The van der Waals surface area contributed by atoms with Gasteiger partial charge in [-0.15, -0.1) is 11.8 Å². The highest BCUT2D eigenvalue weighted by atomic mass is 32.2. The van der Waals surface area contributed by atoms with Crippen LogP contribution in [0.3, 0.4) is 0 Å². The van der Waals surface area contributed by atoms with Gasteiger partial charge in [0.1, 0.15) is 0 Å². The van der Waals surface area contributed by atoms with E-state index in [2.05, 4.69) is 0 Å². The van der Waals surface area contributed by atoms with Gasteiger partial charge >= 0.3 is 0 Å². The van der Waals surface area contributed by atoms with E-state index in [9.17, 15) is 10.1 Å². The Morgan fingerprint density at radius 3 is 2.88 bits per heavy atom. The van der Waals surface area contributed by atoms with Gasteiger partial charge in [0.2, 0.25) is 0 Å². The zero-order valence-electron chi connectivity index (χ0n) is 8.58. The Labute approximate surface area is 96.9 Å². The van der Waals surface area contributed by atoms with Crippen molar-refractivity contribution >= 4 is 17.4 Å². The molecule has 1 atom stereocenters. The number of rotatable bonds is 4. The van der Waals surface area contributed by atoms with E-state index in [1.807, 2.05) is 6.07 Å². The van der Waals surface area contributed by atoms with E-state index < -0.39 is 4.92 Å². The fourth-order valence-electron chi connectivity index (χ4n) is 1.08. The normalized spacial score (nSPS) is 11.8. The summed E-state index contributed by atoms with van der Waals surface area (Å²) in [5, 5.41) is 28.2. The molecule has 1 N–H and O–H groups in total. The molecule has 0 aliphatic rings. The second-order valence-electron chi connectivity index (χ2n) is 3.16. The lowest BCUT2D eigenvalue weighted by Crippen LogP contribution is -2.02. The maximum absolute atomic E-state index is 10.8. The lowest BCUT2D eigenvalue weighted by atomic mass is 10.2. The Balaban J connectivity index is 3.09. The highest BCUT2D eigenvalue weighted by Crippen LogP contribution is 2.32. The average molecular weight is 238 g/mol. The number of thioether (sulfide) groups is 1. The van der Waals surface area contributed by atoms with Crippen molar-refractivity contribution in [1.29, 1.82) is 5.26 Å². The van der Waals surface area contributed by atoms with E-state index >= 15 is 0 Å². The largest absolute Gasteiger partial charge is 0.395 e. The first kappa shape index (κ1) is 12.5. The summed E-state index contributed by atoms with van der Waals surface area (Å²) < 4.78 is 0. The maximum atomic E-state index is 10.8. The predicted molar refractivity (Wildman–Crippen MR) is 60.2 cm³/mol. The molecule has 0 aliphatic carbocycles. The summed E-state index contributed by atoms with van der Waals surface area (Å²) in [5.41, 5.74) is 0.164. The molecule has 0 saturated carbocycles. The SMILES string of the molecule is CC(CO)Sc1ccc(C#N)cc1[N+](=O)[O-]. The number of hydrogen-bond acceptors (Lipinski definition) is 5. The van der Waals surface area contributed by atoms with Gasteiger partial charge in [-0.2, -0.15) is 5.26 Å². The van der Waals surface area contributed by atoms with Crippen LogP contribution in [0.2, 0.25) is 0 Å². The van der Waals surface area contributed by atoms with Crippen LogP contribution in [0.25, 0.3) is 0 Å². The van der Waals surface area contributed by atoms with Crippen molar-refractivity contribution in [1.82, 2.24) is 0 Å². The summed E-state index contributed by atoms with van der Waals surface area (Å²) in [7, 11) is 0. The number of nitro groups is 1. The van der Waals surface area contributed by atoms with Crippen molar-refractivity contribution in [3.05, 3.63) is 33.9 Å². The molecule has 0 spiro atoms. The molecule has 1 unspecified atom stereocenters. The summed E-state index contributed by atoms with van der Waals surface area (Å²) >= 11 is 1.22. The lowest BCUT2D eigenvalue weighted by molar-refractivity contribution is -0.387. The fraction of sp³-hybridized carbons (Fsp3) is 0.300. The minimum atomic E-state index is -0.521. The van der Waals surface area contributed by atoms with Crippen molar-refractivity contribution in [2.45, 2.75) is 17.1 Å². The zero-order chi connectivity index (χ0) is 12.1. The number of nitro benzene ring substituents is 1. The smallest absolute Gasteiger partial charge is 0.284 e. The number of nitriles is 1. The molecule has 0 radical (unpaired) electrons. The van der Waals surface area contributed by atoms with Gasteiger partial charge in [-0.05, 0) is 12.1 Å². The first-order valence-electron chi connectivity index (χ1n) is 4.54. The van der Waals surface area contributed by atoms with Crippen LogP contribution in [0, 0.1) is 21.4 Å². The predicted octanol–water partition coefficient (Wildman–Crippen LogP) is 1.94. The van der Waals surface area contributed by atoms with Crippen LogP contribution in [0.5, 0.6) is 0 Å². The molecule has 5 nitrogen and oxygen atoms in total. The van der Waals surface area contributed by atoms with Gasteiger partial charge in [0, 0.05) is 11.3 Å². The minimum Gasteiger partial charge on any atom is -0.395 e. The Bertz CT molecular complexity index is 442. The van der Waals surface area contributed by atoms with E-state index in [0.717, 1.165) is 0 Å². The number of aliphatic hydroxyl groups is 1. The standard InChI is InChI=1S/C10H10N2O3S/c1-7(6-13)16-10-3-2-8(5-11)4-9(10)12(14)15/h2-4,7,13H,6H2,1H3. The molecule has 0 amide bonds. The zero-order valence-corrected chi connectivity index (χ0v) is 9.40. The third-order valence-electron chi connectivity index (χ3n) is 1.87. The van der Waals surface area contributed by atoms with E-state index in [1.165, 1.54) is 30.0 Å². The highest BCUT2D eigenvalue weighted by Gasteiger charge is 2.17. The van der Waals surface area contributed by atoms with Crippen LogP contribution in [0.4, 0.5) is 5.69 Å². The van der Waals surface area contributed by atoms with Crippen LogP contribution < -0.4 is 0 Å². The fourth-order valence-corrected chi connectivity index (χ4v) is 1.99. The summed E-state index contributed by atoms with van der Waals surface area (Å²) in [6, 6.07) is 6.16. The number of aliphatic hydroxyl groups excluding tert-OH is 1. The second-order valence-corrected chi connectivity index (χ2v) is 4.64. The maximum Gasteiger partial charge on any atom is 0.284 e. The monoisotopic (exact) mass is 238 g/mol. The van der Waals surface area contributed by atoms with Gasteiger partial charge in [0.05, 0.1) is 28.1 Å². The number of hydrogen-bond donors (Lipinski definition) is 1. The van der Waals surface area contributed by atoms with Gasteiger partial charge < -0.3 is 5.11 Å². The van der Waals surface area contributed by atoms with Crippen LogP contribution in [0.1, 0.15) is 12.5 Å². The van der Waals surface area contributed by atoms with Gasteiger partial charge in [-0.25, -0.2) is 0 Å². The molecule has 0 bridgehead atoms. The molecular weight excluding hydrogens is 228 g/mol. The van der Waals surface area contributed by atoms with Gasteiger partial charge in [-0.3, -0.25) is 10.1 Å². The van der Waals surface area contributed by atoms with Gasteiger partial charge in [0.15, 0.2) is 0 Å². The van der Waals surface area contributed by atoms with Crippen LogP contribution in [-0.4, -0.2) is 21.9 Å². The molecule has 84 valence electrons. The minimum absolute atomic E-state index is 0.0537. The molecule has 6 heteroatoms. The first-order chi connectivity index (χ1) is 7.58. The van der Waals surface area contributed by atoms with E-state index in [4.69, 9.17) is 10.4 Å². The van der Waals surface area contributed by atoms with Crippen molar-refractivity contribution in [3.8, 4) is 6.07 Å². The molecule has 0 aliphatic heterocycles. The Morgan fingerprint density at radius 1 is 1.69 bits per heavy atom. The quantitative estimate of drug-likeness (QED) is 0.492. The number of benzene rings is 1. The van der Waals surface area contributed by atoms with Crippen molar-refractivity contribution in [2.75, 3.05) is 6.61 Å². The van der Waals surface area contributed by atoms with Crippen LogP contribution in [0.15, 0.2) is 23.1 Å². The van der Waals surface area contributed by atoms with Crippen LogP contribution >= 0.6 is 11.8 Å². The summed E-state index contributed by atoms with van der Waals surface area (Å²) in [4.78, 5) is 10.7. The molecule has 16 heavy (non-hydrogen) atoms. The number of nitrogens with zero attached hydrogens (tertiary/aromatic N) is 2. The molecule has 0 fully saturated rings. The topological polar surface area (TPSA) is 87.2 Å². The third kappa shape index (κ3) is 2.95. The van der Waals surface area contributed by atoms with Gasteiger partial charge in [-0.1, -0.05) is 6.92 Å². The summed E-state index contributed by atoms with van der Waals surface area (Å²) in [6.07, 6.45) is 0. The van der Waals surface area contributed by atoms with Crippen molar-refractivity contribution < 1.29 is 10.0 Å². The summed E-state index contributed by atoms with van der Waals surface area (Å²) in [6.45, 7) is 1.72. The lowest BCUT2D eigenvalue weighted by Gasteiger charge is -2.07. The first-order valence-corrected chi connectivity index (χ1v) is 5.42. The second kappa shape index (κ2) is 5.49. The Morgan fingerprint density at radius 2 is 2.38 bits per heavy atom. The van der Waals surface area contributed by atoms with Crippen LogP contribution in [-0.2, 0) is 0 Å². The Hall–Kier alpha value is -1.58. The van der Waals surface area contributed by atoms with E-state index in [1.54, 1.807) is 6.92 Å². The molecule has 0 aromatic heterocycles. The Kier molecular flexibility index (Phi) is 4.28. The third-order valence-corrected chi connectivity index (χ3v) is 3.02. The molecule has 1 aromatic rings. The molecule has 1 rings (SSSR count). The molecule has 0 saturated heterocycles. The summed E-state index contributed by atoms with van der Waals surface area (Å²) in [5.74, 6) is 0. The van der Waals surface area contributed by atoms with E-state index in [-0.39, 0.29) is 23.1 Å². The van der Waals surface area contributed by atoms with Gasteiger partial charge in [0.25, 0.3) is 5.69 Å². The van der Waals surface area contributed by atoms with Crippen molar-refractivity contribution in [3.63, 3.8) is 0 Å². The molecular formula is C10H10N2O3S. The van der Waals surface area contributed by atoms with Crippen molar-refractivity contribution in [2.24, 2.45) is 0 Å². The molecule has 0 heterocycles. The highest BCUT2D eigenvalue weighted by molar-refractivity contribution is 8.00. The molecule has 1 aromatic carbocycles.